The van der Waals surface area contributed by atoms with Crippen LogP contribution >= 0.6 is 0 Å². The summed E-state index contributed by atoms with van der Waals surface area (Å²) in [5, 5.41) is 0. The number of rotatable bonds is 11. The van der Waals surface area contributed by atoms with E-state index in [1.165, 1.54) is 0 Å². The van der Waals surface area contributed by atoms with Gasteiger partial charge >= 0.3 is 10.3 Å². The Labute approximate surface area is 122 Å². The lowest BCUT2D eigenvalue weighted by Crippen LogP contribution is -2.28. The molecule has 2 N–H and O–H groups in total. The molecule has 120 valence electrons. The third kappa shape index (κ3) is 11.4. The molecule has 0 amide bonds. The van der Waals surface area contributed by atoms with Crippen LogP contribution in [0.25, 0.3) is 0 Å². The predicted molar refractivity (Wildman–Crippen MR) is 79.0 cm³/mol. The summed E-state index contributed by atoms with van der Waals surface area (Å²) in [7, 11) is -5.88. The molecule has 0 aliphatic rings. The fourth-order valence-electron chi connectivity index (χ4n) is 1.41. The first-order chi connectivity index (χ1) is 9.20. The fourth-order valence-corrected chi connectivity index (χ4v) is 2.36. The first-order valence-corrected chi connectivity index (χ1v) is 9.68. The molecular weight excluding hydrogens is 304 g/mol. The minimum Gasteiger partial charge on any atom is -0.261 e. The Hall–Kier alpha value is -0.480. The summed E-state index contributed by atoms with van der Waals surface area (Å²) in [5.41, 5.74) is 0.829. The Morgan fingerprint density at radius 1 is 1.20 bits per heavy atom. The number of hydrogen-bond donors (Lipinski definition) is 2. The van der Waals surface area contributed by atoms with Gasteiger partial charge in [-0.05, 0) is 12.8 Å². The van der Waals surface area contributed by atoms with Gasteiger partial charge in [0, 0.05) is 13.1 Å². The molecule has 9 heteroatoms. The Bertz CT molecular complexity index is 497. The van der Waals surface area contributed by atoms with Gasteiger partial charge in [-0.2, -0.15) is 13.1 Å². The predicted octanol–water partition coefficient (Wildman–Crippen LogP) is 0.523. The van der Waals surface area contributed by atoms with Gasteiger partial charge in [0.1, 0.15) is 0 Å². The average Bonchev–Trinajstić information content (AvgIpc) is 2.34. The zero-order chi connectivity index (χ0) is 15.6. The minimum atomic E-state index is -3.73. The van der Waals surface area contributed by atoms with E-state index < -0.39 is 20.3 Å². The molecule has 0 aliphatic carbocycles. The van der Waals surface area contributed by atoms with E-state index >= 15 is 0 Å². The molecule has 7 nitrogen and oxygen atoms in total. The van der Waals surface area contributed by atoms with Crippen molar-refractivity contribution in [2.24, 2.45) is 0 Å². The van der Waals surface area contributed by atoms with Gasteiger partial charge in [0.25, 0.3) is 0 Å². The van der Waals surface area contributed by atoms with Crippen molar-refractivity contribution >= 4 is 20.3 Å². The van der Waals surface area contributed by atoms with Crippen molar-refractivity contribution in [3.05, 3.63) is 11.6 Å². The summed E-state index contributed by atoms with van der Waals surface area (Å²) in [6.45, 7) is 2.42. The molecule has 0 saturated heterocycles. The molecule has 0 aromatic rings. The number of unbranched alkanes of at least 4 members (excludes halogenated alkanes) is 2. The van der Waals surface area contributed by atoms with E-state index in [2.05, 4.69) is 20.6 Å². The van der Waals surface area contributed by atoms with Crippen molar-refractivity contribution in [2.75, 3.05) is 26.5 Å². The highest BCUT2D eigenvalue weighted by atomic mass is 32.2. The Kier molecular flexibility index (Phi) is 9.23. The van der Waals surface area contributed by atoms with E-state index in [0.717, 1.165) is 38.2 Å². The van der Waals surface area contributed by atoms with Crippen LogP contribution in [-0.2, 0) is 24.5 Å². The van der Waals surface area contributed by atoms with Crippen LogP contribution < -0.4 is 9.44 Å². The molecule has 0 aliphatic heterocycles. The van der Waals surface area contributed by atoms with Crippen LogP contribution in [0.15, 0.2) is 11.6 Å². The maximum Gasteiger partial charge on any atom is 0.335 e. The largest absolute Gasteiger partial charge is 0.335 e. The molecule has 0 unspecified atom stereocenters. The minimum absolute atomic E-state index is 0.116. The number of hydrogen-bond acceptors (Lipinski definition) is 5. The summed E-state index contributed by atoms with van der Waals surface area (Å²) < 4.78 is 53.3. The van der Waals surface area contributed by atoms with E-state index in [1.807, 2.05) is 6.08 Å². The highest BCUT2D eigenvalue weighted by Crippen LogP contribution is 2.05. The summed E-state index contributed by atoms with van der Waals surface area (Å²) in [6, 6.07) is 0. The van der Waals surface area contributed by atoms with E-state index in [-0.39, 0.29) is 13.1 Å². The lowest BCUT2D eigenvalue weighted by atomic mass is 10.1. The normalized spacial score (nSPS) is 13.7. The van der Waals surface area contributed by atoms with Crippen molar-refractivity contribution in [3.63, 3.8) is 0 Å². The van der Waals surface area contributed by atoms with Gasteiger partial charge in [-0.15, -0.1) is 0 Å². The second-order valence-corrected chi connectivity index (χ2v) is 7.73. The van der Waals surface area contributed by atoms with Crippen LogP contribution in [0.5, 0.6) is 0 Å². The van der Waals surface area contributed by atoms with Crippen LogP contribution in [-0.4, -0.2) is 43.3 Å². The van der Waals surface area contributed by atoms with Gasteiger partial charge in [0.05, 0.1) is 13.4 Å². The lowest BCUT2D eigenvalue weighted by Gasteiger charge is -2.09. The number of nitrogens with one attached hydrogen (secondary N) is 2. The summed E-state index contributed by atoms with van der Waals surface area (Å²) in [4.78, 5) is 0. The SMILES string of the molecule is CCCC/C=C(/CCNS(C)(=O)=O)CNS(=O)(=O)OC. The van der Waals surface area contributed by atoms with Gasteiger partial charge in [0.15, 0.2) is 0 Å². The quantitative estimate of drug-likeness (QED) is 0.425. The molecule has 0 spiro atoms. The van der Waals surface area contributed by atoms with Crippen molar-refractivity contribution < 1.29 is 21.0 Å². The highest BCUT2D eigenvalue weighted by molar-refractivity contribution is 7.88. The number of allylic oxidation sites excluding steroid dienone is 1. The molecule has 0 aromatic heterocycles. The second kappa shape index (κ2) is 9.46. The average molecular weight is 328 g/mol. The van der Waals surface area contributed by atoms with Crippen LogP contribution in [0, 0.1) is 0 Å². The van der Waals surface area contributed by atoms with Crippen LogP contribution in [0.4, 0.5) is 0 Å². The standard InChI is InChI=1S/C11H24N2O5S2/c1-4-5-6-7-11(8-9-12-19(3,14)15)10-13-20(16,17)18-2/h7,12-13H,4-6,8-10H2,1-3H3/b11-7-. The monoisotopic (exact) mass is 328 g/mol. The molecule has 0 fully saturated rings. The van der Waals surface area contributed by atoms with Crippen molar-refractivity contribution in [1.82, 2.24) is 9.44 Å². The molecule has 0 bridgehead atoms. The van der Waals surface area contributed by atoms with Gasteiger partial charge in [0.2, 0.25) is 10.0 Å². The third-order valence-electron chi connectivity index (χ3n) is 2.50. The summed E-state index contributed by atoms with van der Waals surface area (Å²) in [5.74, 6) is 0. The van der Waals surface area contributed by atoms with Crippen molar-refractivity contribution in [3.8, 4) is 0 Å². The molecular formula is C11H24N2O5S2. The maximum atomic E-state index is 11.2. The molecule has 0 atom stereocenters. The lowest BCUT2D eigenvalue weighted by molar-refractivity contribution is 0.388. The smallest absolute Gasteiger partial charge is 0.261 e. The molecule has 0 radical (unpaired) electrons. The van der Waals surface area contributed by atoms with E-state index in [0.29, 0.717) is 6.42 Å². The molecule has 0 aromatic carbocycles. The first-order valence-electron chi connectivity index (χ1n) is 6.38. The third-order valence-corrected chi connectivity index (χ3v) is 4.16. The Morgan fingerprint density at radius 3 is 2.35 bits per heavy atom. The number of sulfonamides is 1. The highest BCUT2D eigenvalue weighted by Gasteiger charge is 2.09. The second-order valence-electron chi connectivity index (χ2n) is 4.36. The van der Waals surface area contributed by atoms with Gasteiger partial charge < -0.3 is 0 Å². The Balaban J connectivity index is 4.45. The maximum absolute atomic E-state index is 11.2. The fraction of sp³-hybridized carbons (Fsp3) is 0.818. The van der Waals surface area contributed by atoms with Gasteiger partial charge in [-0.3, -0.25) is 4.18 Å². The van der Waals surface area contributed by atoms with Crippen LogP contribution in [0.1, 0.15) is 32.6 Å². The summed E-state index contributed by atoms with van der Waals surface area (Å²) in [6.07, 6.45) is 6.34. The molecule has 0 heterocycles. The zero-order valence-electron chi connectivity index (χ0n) is 12.2. The van der Waals surface area contributed by atoms with Crippen LogP contribution in [0.2, 0.25) is 0 Å². The Morgan fingerprint density at radius 2 is 1.85 bits per heavy atom. The topological polar surface area (TPSA) is 102 Å². The zero-order valence-corrected chi connectivity index (χ0v) is 13.8. The molecule has 0 rings (SSSR count). The summed E-state index contributed by atoms with van der Waals surface area (Å²) >= 11 is 0. The molecule has 20 heavy (non-hydrogen) atoms. The first kappa shape index (κ1) is 19.5. The van der Waals surface area contributed by atoms with Gasteiger partial charge in [-0.1, -0.05) is 31.4 Å². The van der Waals surface area contributed by atoms with E-state index in [1.54, 1.807) is 0 Å². The van der Waals surface area contributed by atoms with E-state index in [4.69, 9.17) is 0 Å². The van der Waals surface area contributed by atoms with Crippen molar-refractivity contribution in [2.45, 2.75) is 32.6 Å². The molecule has 0 saturated carbocycles. The van der Waals surface area contributed by atoms with Crippen molar-refractivity contribution in [1.29, 1.82) is 0 Å². The van der Waals surface area contributed by atoms with Crippen LogP contribution in [0.3, 0.4) is 0 Å². The van der Waals surface area contributed by atoms with Gasteiger partial charge in [-0.25, -0.2) is 13.1 Å². The van der Waals surface area contributed by atoms with E-state index in [9.17, 15) is 16.8 Å².